The average molecular weight is 233 g/mol. The average Bonchev–Trinajstić information content (AvgIpc) is 2.82. The van der Waals surface area contributed by atoms with Crippen molar-refractivity contribution in [2.45, 2.75) is 6.54 Å². The molecule has 6 heteroatoms. The number of H-pyrrole nitrogens is 1. The number of aromatic nitrogens is 2. The van der Waals surface area contributed by atoms with Crippen LogP contribution in [-0.2, 0) is 6.54 Å². The Morgan fingerprint density at radius 2 is 2.35 bits per heavy atom. The van der Waals surface area contributed by atoms with Gasteiger partial charge in [-0.25, -0.2) is 4.79 Å². The summed E-state index contributed by atoms with van der Waals surface area (Å²) in [5.41, 5.74) is 0.771. The van der Waals surface area contributed by atoms with E-state index in [-0.39, 0.29) is 5.91 Å². The van der Waals surface area contributed by atoms with Crippen molar-refractivity contribution in [3.63, 3.8) is 0 Å². The SMILES string of the molecule is CN(Cc1cn[nH]c1)C(=O)c1ccc(=O)oc1. The lowest BCUT2D eigenvalue weighted by Crippen LogP contribution is -2.26. The van der Waals surface area contributed by atoms with Crippen LogP contribution in [0.5, 0.6) is 0 Å². The van der Waals surface area contributed by atoms with Gasteiger partial charge in [0, 0.05) is 31.4 Å². The minimum atomic E-state index is -0.473. The number of hydrogen-bond acceptors (Lipinski definition) is 4. The molecule has 2 heterocycles. The first-order chi connectivity index (χ1) is 8.16. The zero-order chi connectivity index (χ0) is 12.3. The van der Waals surface area contributed by atoms with E-state index in [9.17, 15) is 9.59 Å². The molecule has 6 nitrogen and oxygen atoms in total. The van der Waals surface area contributed by atoms with Gasteiger partial charge in [0.05, 0.1) is 11.8 Å². The van der Waals surface area contributed by atoms with E-state index in [0.717, 1.165) is 11.8 Å². The highest BCUT2D eigenvalue weighted by Gasteiger charge is 2.12. The molecule has 0 aliphatic heterocycles. The van der Waals surface area contributed by atoms with Crippen LogP contribution in [0.15, 0.2) is 40.0 Å². The molecular formula is C11H11N3O3. The van der Waals surface area contributed by atoms with E-state index in [4.69, 9.17) is 0 Å². The monoisotopic (exact) mass is 233 g/mol. The largest absolute Gasteiger partial charge is 0.430 e. The fourth-order valence-corrected chi connectivity index (χ4v) is 1.41. The van der Waals surface area contributed by atoms with Crippen molar-refractivity contribution >= 4 is 5.91 Å². The van der Waals surface area contributed by atoms with E-state index in [0.29, 0.717) is 12.1 Å². The smallest absolute Gasteiger partial charge is 0.335 e. The second-order valence-electron chi connectivity index (χ2n) is 3.61. The first kappa shape index (κ1) is 11.1. The van der Waals surface area contributed by atoms with Gasteiger partial charge in [-0.3, -0.25) is 9.89 Å². The third-order valence-electron chi connectivity index (χ3n) is 2.27. The fourth-order valence-electron chi connectivity index (χ4n) is 1.41. The highest BCUT2D eigenvalue weighted by molar-refractivity contribution is 5.93. The molecule has 0 saturated carbocycles. The fraction of sp³-hybridized carbons (Fsp3) is 0.182. The second-order valence-corrected chi connectivity index (χ2v) is 3.61. The molecular weight excluding hydrogens is 222 g/mol. The number of nitrogens with zero attached hydrogens (tertiary/aromatic N) is 2. The van der Waals surface area contributed by atoms with Crippen LogP contribution in [0.1, 0.15) is 15.9 Å². The van der Waals surface area contributed by atoms with Gasteiger partial charge < -0.3 is 9.32 Å². The molecule has 1 N–H and O–H groups in total. The maximum Gasteiger partial charge on any atom is 0.335 e. The Labute approximate surface area is 96.9 Å². The predicted molar refractivity (Wildman–Crippen MR) is 59.4 cm³/mol. The molecule has 0 unspecified atom stereocenters. The summed E-state index contributed by atoms with van der Waals surface area (Å²) in [7, 11) is 1.67. The highest BCUT2D eigenvalue weighted by atomic mass is 16.4. The predicted octanol–water partition coefficient (Wildman–Crippen LogP) is 0.635. The summed E-state index contributed by atoms with van der Waals surface area (Å²) < 4.78 is 4.64. The maximum atomic E-state index is 11.9. The molecule has 2 aromatic heterocycles. The number of carbonyl (C=O) groups is 1. The zero-order valence-electron chi connectivity index (χ0n) is 9.21. The van der Waals surface area contributed by atoms with Crippen molar-refractivity contribution in [2.24, 2.45) is 0 Å². The quantitative estimate of drug-likeness (QED) is 0.843. The number of carbonyl (C=O) groups excluding carboxylic acids is 1. The van der Waals surface area contributed by atoms with E-state index < -0.39 is 5.63 Å². The van der Waals surface area contributed by atoms with Crippen molar-refractivity contribution < 1.29 is 9.21 Å². The summed E-state index contributed by atoms with van der Waals surface area (Å²) in [4.78, 5) is 24.2. The summed E-state index contributed by atoms with van der Waals surface area (Å²) in [5, 5.41) is 6.47. The van der Waals surface area contributed by atoms with E-state index in [1.807, 2.05) is 0 Å². The van der Waals surface area contributed by atoms with Crippen LogP contribution in [0.3, 0.4) is 0 Å². The van der Waals surface area contributed by atoms with Gasteiger partial charge in [0.1, 0.15) is 6.26 Å². The van der Waals surface area contributed by atoms with Crippen LogP contribution < -0.4 is 5.63 Å². The maximum absolute atomic E-state index is 11.9. The van der Waals surface area contributed by atoms with Crippen LogP contribution in [0.25, 0.3) is 0 Å². The standard InChI is InChI=1S/C11H11N3O3/c1-14(6-8-4-12-13-5-8)11(16)9-2-3-10(15)17-7-9/h2-5,7H,6H2,1H3,(H,12,13). The number of aromatic amines is 1. The van der Waals surface area contributed by atoms with Crippen LogP contribution >= 0.6 is 0 Å². The first-order valence-electron chi connectivity index (χ1n) is 4.99. The molecule has 88 valence electrons. The molecule has 0 fully saturated rings. The minimum absolute atomic E-state index is 0.213. The van der Waals surface area contributed by atoms with Gasteiger partial charge in [-0.05, 0) is 6.07 Å². The molecule has 0 atom stereocenters. The van der Waals surface area contributed by atoms with Gasteiger partial charge in [0.15, 0.2) is 0 Å². The summed E-state index contributed by atoms with van der Waals surface area (Å²) >= 11 is 0. The molecule has 17 heavy (non-hydrogen) atoms. The summed E-state index contributed by atoms with van der Waals surface area (Å²) in [6, 6.07) is 2.67. The molecule has 2 rings (SSSR count). The molecule has 0 bridgehead atoms. The molecule has 0 aliphatic carbocycles. The van der Waals surface area contributed by atoms with Crippen LogP contribution in [-0.4, -0.2) is 28.1 Å². The number of hydrogen-bond donors (Lipinski definition) is 1. The van der Waals surface area contributed by atoms with Gasteiger partial charge in [-0.15, -0.1) is 0 Å². The van der Waals surface area contributed by atoms with Crippen molar-refractivity contribution in [1.29, 1.82) is 0 Å². The lowest BCUT2D eigenvalue weighted by Gasteiger charge is -2.15. The Balaban J connectivity index is 2.09. The van der Waals surface area contributed by atoms with Crippen LogP contribution in [0.2, 0.25) is 0 Å². The lowest BCUT2D eigenvalue weighted by molar-refractivity contribution is 0.0782. The lowest BCUT2D eigenvalue weighted by atomic mass is 10.2. The van der Waals surface area contributed by atoms with Gasteiger partial charge in [-0.2, -0.15) is 5.10 Å². The third kappa shape index (κ3) is 2.60. The Kier molecular flexibility index (Phi) is 3.04. The van der Waals surface area contributed by atoms with Gasteiger partial charge >= 0.3 is 5.63 Å². The van der Waals surface area contributed by atoms with Gasteiger partial charge in [0.25, 0.3) is 5.91 Å². The molecule has 1 amide bonds. The minimum Gasteiger partial charge on any atom is -0.430 e. The van der Waals surface area contributed by atoms with E-state index in [2.05, 4.69) is 14.6 Å². The number of rotatable bonds is 3. The molecule has 0 aromatic carbocycles. The first-order valence-corrected chi connectivity index (χ1v) is 4.99. The van der Waals surface area contributed by atoms with Crippen molar-refractivity contribution in [2.75, 3.05) is 7.05 Å². The topological polar surface area (TPSA) is 79.2 Å². The number of amides is 1. The second kappa shape index (κ2) is 4.65. The Morgan fingerprint density at radius 1 is 1.53 bits per heavy atom. The Hall–Kier alpha value is -2.37. The van der Waals surface area contributed by atoms with Gasteiger partial charge in [-0.1, -0.05) is 0 Å². The molecule has 0 spiro atoms. The molecule has 0 aliphatic rings. The zero-order valence-corrected chi connectivity index (χ0v) is 9.21. The molecule has 0 saturated heterocycles. The molecule has 0 radical (unpaired) electrons. The van der Waals surface area contributed by atoms with Crippen molar-refractivity contribution in [3.05, 3.63) is 52.3 Å². The van der Waals surface area contributed by atoms with Crippen molar-refractivity contribution in [1.82, 2.24) is 15.1 Å². The van der Waals surface area contributed by atoms with E-state index in [1.165, 1.54) is 17.0 Å². The molecule has 2 aromatic rings. The normalized spacial score (nSPS) is 10.2. The van der Waals surface area contributed by atoms with Crippen LogP contribution in [0.4, 0.5) is 0 Å². The summed E-state index contributed by atoms with van der Waals surface area (Å²) in [6.07, 6.45) is 4.53. The van der Waals surface area contributed by atoms with E-state index >= 15 is 0 Å². The third-order valence-corrected chi connectivity index (χ3v) is 2.27. The number of nitrogens with one attached hydrogen (secondary N) is 1. The van der Waals surface area contributed by atoms with Gasteiger partial charge in [0.2, 0.25) is 0 Å². The Bertz CT molecular complexity index is 539. The Morgan fingerprint density at radius 3 is 2.94 bits per heavy atom. The highest BCUT2D eigenvalue weighted by Crippen LogP contribution is 2.05. The van der Waals surface area contributed by atoms with Crippen LogP contribution in [0, 0.1) is 0 Å². The summed E-state index contributed by atoms with van der Waals surface area (Å²) in [5.74, 6) is -0.213. The van der Waals surface area contributed by atoms with Crippen molar-refractivity contribution in [3.8, 4) is 0 Å². The van der Waals surface area contributed by atoms with E-state index in [1.54, 1.807) is 19.4 Å². The summed E-state index contributed by atoms with van der Waals surface area (Å²) in [6.45, 7) is 0.439.